The fourth-order valence-corrected chi connectivity index (χ4v) is 1.71. The molecular formula is C12H12N2OS. The molecule has 1 aromatic heterocycles. The summed E-state index contributed by atoms with van der Waals surface area (Å²) in [5.74, 6) is 1.71. The maximum Gasteiger partial charge on any atom is 0.122 e. The minimum Gasteiger partial charge on any atom is -0.496 e. The Bertz CT molecular complexity index is 536. The van der Waals surface area contributed by atoms with E-state index in [1.165, 1.54) is 0 Å². The van der Waals surface area contributed by atoms with Gasteiger partial charge in [-0.3, -0.25) is 0 Å². The van der Waals surface area contributed by atoms with Gasteiger partial charge >= 0.3 is 0 Å². The standard InChI is InChI=1S/C12H12N2OS/c1-15-10-5-3-2-4-9(10)8-11-13-7-6-12(16)14-11/h2-7H,8H2,1H3,(H,13,14,16). The first-order chi connectivity index (χ1) is 7.79. The van der Waals surface area contributed by atoms with Crippen molar-refractivity contribution in [1.82, 2.24) is 9.97 Å². The molecule has 16 heavy (non-hydrogen) atoms. The van der Waals surface area contributed by atoms with Crippen LogP contribution in [0, 0.1) is 4.64 Å². The molecule has 0 aliphatic heterocycles. The first kappa shape index (κ1) is 10.8. The van der Waals surface area contributed by atoms with E-state index < -0.39 is 0 Å². The van der Waals surface area contributed by atoms with Gasteiger partial charge in [0.05, 0.1) is 7.11 Å². The molecule has 4 heteroatoms. The van der Waals surface area contributed by atoms with Crippen molar-refractivity contribution in [2.75, 3.05) is 7.11 Å². The van der Waals surface area contributed by atoms with Crippen molar-refractivity contribution in [2.24, 2.45) is 0 Å². The number of H-pyrrole nitrogens is 1. The van der Waals surface area contributed by atoms with E-state index in [0.717, 1.165) is 17.1 Å². The van der Waals surface area contributed by atoms with Gasteiger partial charge in [-0.1, -0.05) is 30.4 Å². The highest BCUT2D eigenvalue weighted by atomic mass is 32.1. The second-order valence-electron chi connectivity index (χ2n) is 3.37. The molecular weight excluding hydrogens is 220 g/mol. The average molecular weight is 232 g/mol. The van der Waals surface area contributed by atoms with Crippen LogP contribution in [0.15, 0.2) is 36.5 Å². The molecule has 2 aromatic rings. The third kappa shape index (κ3) is 2.46. The third-order valence-corrected chi connectivity index (χ3v) is 2.51. The largest absolute Gasteiger partial charge is 0.496 e. The SMILES string of the molecule is COc1ccccc1Cc1nccc(=S)[nH]1. The minimum atomic E-state index is 0.689. The van der Waals surface area contributed by atoms with Crippen LogP contribution in [-0.4, -0.2) is 17.1 Å². The topological polar surface area (TPSA) is 37.9 Å². The molecule has 0 radical (unpaired) electrons. The summed E-state index contributed by atoms with van der Waals surface area (Å²) in [6, 6.07) is 9.65. The Labute approximate surface area is 99.1 Å². The molecule has 0 saturated carbocycles. The van der Waals surface area contributed by atoms with Gasteiger partial charge < -0.3 is 9.72 Å². The number of benzene rings is 1. The number of ether oxygens (including phenoxy) is 1. The van der Waals surface area contributed by atoms with Crippen LogP contribution >= 0.6 is 12.2 Å². The van der Waals surface area contributed by atoms with Crippen LogP contribution in [0.2, 0.25) is 0 Å². The van der Waals surface area contributed by atoms with Crippen molar-refractivity contribution >= 4 is 12.2 Å². The number of aromatic amines is 1. The van der Waals surface area contributed by atoms with E-state index >= 15 is 0 Å². The van der Waals surface area contributed by atoms with E-state index in [4.69, 9.17) is 17.0 Å². The van der Waals surface area contributed by atoms with Crippen LogP contribution in [0.25, 0.3) is 0 Å². The Kier molecular flexibility index (Phi) is 3.31. The number of hydrogen-bond acceptors (Lipinski definition) is 3. The van der Waals surface area contributed by atoms with Gasteiger partial charge in [-0.05, 0) is 12.1 Å². The van der Waals surface area contributed by atoms with E-state index in [1.54, 1.807) is 19.4 Å². The summed E-state index contributed by atoms with van der Waals surface area (Å²) in [6.07, 6.45) is 2.40. The summed E-state index contributed by atoms with van der Waals surface area (Å²) >= 11 is 5.05. The number of nitrogens with one attached hydrogen (secondary N) is 1. The predicted molar refractivity (Wildman–Crippen MR) is 65.2 cm³/mol. The van der Waals surface area contributed by atoms with Gasteiger partial charge in [0, 0.05) is 18.2 Å². The number of aromatic nitrogens is 2. The van der Waals surface area contributed by atoms with Gasteiger partial charge in [-0.25, -0.2) is 4.98 Å². The minimum absolute atomic E-state index is 0.689. The third-order valence-electron chi connectivity index (χ3n) is 2.27. The average Bonchev–Trinajstić information content (AvgIpc) is 2.30. The van der Waals surface area contributed by atoms with Gasteiger partial charge in [0.1, 0.15) is 16.2 Å². The summed E-state index contributed by atoms with van der Waals surface area (Å²) in [5.41, 5.74) is 1.09. The molecule has 1 heterocycles. The molecule has 0 fully saturated rings. The number of methoxy groups -OCH3 is 1. The second-order valence-corrected chi connectivity index (χ2v) is 3.81. The highest BCUT2D eigenvalue weighted by Crippen LogP contribution is 2.19. The van der Waals surface area contributed by atoms with Crippen LogP contribution in [0.1, 0.15) is 11.4 Å². The van der Waals surface area contributed by atoms with E-state index in [1.807, 2.05) is 24.3 Å². The molecule has 0 atom stereocenters. The Morgan fingerprint density at radius 1 is 1.31 bits per heavy atom. The highest BCUT2D eigenvalue weighted by molar-refractivity contribution is 7.71. The molecule has 82 valence electrons. The maximum atomic E-state index is 5.28. The Balaban J connectivity index is 2.30. The second kappa shape index (κ2) is 4.90. The number of para-hydroxylation sites is 1. The summed E-state index contributed by atoms with van der Waals surface area (Å²) in [7, 11) is 1.67. The van der Waals surface area contributed by atoms with Gasteiger partial charge in [0.2, 0.25) is 0 Å². The van der Waals surface area contributed by atoms with Crippen LogP contribution in [-0.2, 0) is 6.42 Å². The molecule has 3 nitrogen and oxygen atoms in total. The molecule has 0 aliphatic rings. The van der Waals surface area contributed by atoms with Gasteiger partial charge in [-0.2, -0.15) is 0 Å². The fraction of sp³-hybridized carbons (Fsp3) is 0.167. The normalized spacial score (nSPS) is 10.1. The van der Waals surface area contributed by atoms with Crippen LogP contribution in [0.4, 0.5) is 0 Å². The number of rotatable bonds is 3. The smallest absolute Gasteiger partial charge is 0.122 e. The molecule has 0 aliphatic carbocycles. The van der Waals surface area contributed by atoms with E-state index in [9.17, 15) is 0 Å². The first-order valence-electron chi connectivity index (χ1n) is 4.95. The molecule has 1 aromatic carbocycles. The van der Waals surface area contributed by atoms with Crippen LogP contribution in [0.5, 0.6) is 5.75 Å². The van der Waals surface area contributed by atoms with Crippen molar-refractivity contribution in [3.63, 3.8) is 0 Å². The van der Waals surface area contributed by atoms with Crippen molar-refractivity contribution in [2.45, 2.75) is 6.42 Å². The summed E-state index contributed by atoms with van der Waals surface area (Å²) < 4.78 is 5.97. The zero-order chi connectivity index (χ0) is 11.4. The first-order valence-corrected chi connectivity index (χ1v) is 5.36. The lowest BCUT2D eigenvalue weighted by Crippen LogP contribution is -1.98. The van der Waals surface area contributed by atoms with Crippen LogP contribution < -0.4 is 4.74 Å². The summed E-state index contributed by atoms with van der Waals surface area (Å²) in [6.45, 7) is 0. The lowest BCUT2D eigenvalue weighted by atomic mass is 10.1. The van der Waals surface area contributed by atoms with Crippen molar-refractivity contribution < 1.29 is 4.74 Å². The monoisotopic (exact) mass is 232 g/mol. The zero-order valence-corrected chi connectivity index (χ0v) is 9.75. The van der Waals surface area contributed by atoms with E-state index in [-0.39, 0.29) is 0 Å². The van der Waals surface area contributed by atoms with E-state index in [2.05, 4.69) is 9.97 Å². The molecule has 1 N–H and O–H groups in total. The Morgan fingerprint density at radius 2 is 2.12 bits per heavy atom. The molecule has 0 saturated heterocycles. The quantitative estimate of drug-likeness (QED) is 0.827. The molecule has 0 unspecified atom stereocenters. The van der Waals surface area contributed by atoms with Crippen LogP contribution in [0.3, 0.4) is 0 Å². The lowest BCUT2D eigenvalue weighted by Gasteiger charge is -2.07. The van der Waals surface area contributed by atoms with Gasteiger partial charge in [0.25, 0.3) is 0 Å². The fourth-order valence-electron chi connectivity index (χ4n) is 1.53. The van der Waals surface area contributed by atoms with Gasteiger partial charge in [0.15, 0.2) is 0 Å². The summed E-state index contributed by atoms with van der Waals surface area (Å²) in [4.78, 5) is 7.29. The lowest BCUT2D eigenvalue weighted by molar-refractivity contribution is 0.410. The van der Waals surface area contributed by atoms with Crippen molar-refractivity contribution in [3.05, 3.63) is 52.6 Å². The predicted octanol–water partition coefficient (Wildman–Crippen LogP) is 2.74. The van der Waals surface area contributed by atoms with Gasteiger partial charge in [-0.15, -0.1) is 0 Å². The Morgan fingerprint density at radius 3 is 2.88 bits per heavy atom. The Hall–Kier alpha value is -1.68. The number of nitrogens with zero attached hydrogens (tertiary/aromatic N) is 1. The molecule has 0 amide bonds. The van der Waals surface area contributed by atoms with Crippen molar-refractivity contribution in [3.8, 4) is 5.75 Å². The van der Waals surface area contributed by atoms with Crippen molar-refractivity contribution in [1.29, 1.82) is 0 Å². The van der Waals surface area contributed by atoms with E-state index in [0.29, 0.717) is 11.1 Å². The number of hydrogen-bond donors (Lipinski definition) is 1. The molecule has 0 bridgehead atoms. The molecule has 2 rings (SSSR count). The summed E-state index contributed by atoms with van der Waals surface area (Å²) in [5, 5.41) is 0. The molecule has 0 spiro atoms. The maximum absolute atomic E-state index is 5.28. The highest BCUT2D eigenvalue weighted by Gasteiger charge is 2.03. The zero-order valence-electron chi connectivity index (χ0n) is 8.93.